The minimum absolute atomic E-state index is 0.750. The van der Waals surface area contributed by atoms with Crippen LogP contribution in [-0.2, 0) is 7.05 Å². The predicted molar refractivity (Wildman–Crippen MR) is 28.7 cm³/mol. The Morgan fingerprint density at radius 1 is 1.86 bits per heavy atom. The molecule has 0 amide bonds. The summed E-state index contributed by atoms with van der Waals surface area (Å²) in [7, 11) is 1.86. The Bertz CT molecular complexity index is 138. The molecule has 1 radical (unpaired) electrons. The molecular weight excluding hydrogens is 88.1 g/mol. The lowest BCUT2D eigenvalue weighted by Crippen LogP contribution is -1.92. The zero-order valence-electron chi connectivity index (χ0n) is 4.18. The second-order valence-corrected chi connectivity index (χ2v) is 1.45. The van der Waals surface area contributed by atoms with Gasteiger partial charge in [-0.05, 0) is 12.1 Å². The molecule has 0 bridgehead atoms. The molecule has 0 aliphatic heterocycles. The van der Waals surface area contributed by atoms with Gasteiger partial charge in [0.25, 0.3) is 0 Å². The van der Waals surface area contributed by atoms with Crippen LogP contribution in [0.2, 0.25) is 0 Å². The molecule has 37 valence electrons. The molecule has 2 nitrogen and oxygen atoms in total. The van der Waals surface area contributed by atoms with Crippen molar-refractivity contribution in [2.75, 3.05) is 5.73 Å². The summed E-state index contributed by atoms with van der Waals surface area (Å²) in [5.41, 5.74) is 5.37. The summed E-state index contributed by atoms with van der Waals surface area (Å²) >= 11 is 0. The van der Waals surface area contributed by atoms with Crippen LogP contribution in [0, 0.1) is 6.20 Å². The van der Waals surface area contributed by atoms with Gasteiger partial charge in [-0.1, -0.05) is 0 Å². The summed E-state index contributed by atoms with van der Waals surface area (Å²) in [4.78, 5) is 0. The van der Waals surface area contributed by atoms with Crippen LogP contribution < -0.4 is 5.73 Å². The monoisotopic (exact) mass is 95.1 g/mol. The number of hydrogen-bond acceptors (Lipinski definition) is 1. The summed E-state index contributed by atoms with van der Waals surface area (Å²) in [6, 6.07) is 3.59. The summed E-state index contributed by atoms with van der Waals surface area (Å²) in [5.74, 6) is 0.750. The number of rotatable bonds is 0. The molecule has 7 heavy (non-hydrogen) atoms. The van der Waals surface area contributed by atoms with Crippen molar-refractivity contribution >= 4 is 5.82 Å². The molecule has 1 aromatic rings. The number of hydrogen-bond donors (Lipinski definition) is 1. The molecule has 0 fully saturated rings. The summed E-state index contributed by atoms with van der Waals surface area (Å²) in [6.07, 6.45) is 2.86. The molecule has 0 aliphatic rings. The van der Waals surface area contributed by atoms with E-state index in [1.54, 1.807) is 16.7 Å². The highest BCUT2D eigenvalue weighted by Gasteiger charge is 1.83. The van der Waals surface area contributed by atoms with Gasteiger partial charge in [0.2, 0.25) is 0 Å². The first-order chi connectivity index (χ1) is 3.30. The smallest absolute Gasteiger partial charge is 0.103 e. The van der Waals surface area contributed by atoms with Crippen LogP contribution in [0.1, 0.15) is 0 Å². The Labute approximate surface area is 42.6 Å². The van der Waals surface area contributed by atoms with Crippen LogP contribution in [0.25, 0.3) is 0 Å². The number of anilines is 1. The molecule has 1 aromatic heterocycles. The topological polar surface area (TPSA) is 30.9 Å². The van der Waals surface area contributed by atoms with Gasteiger partial charge in [0, 0.05) is 7.05 Å². The van der Waals surface area contributed by atoms with E-state index in [0.717, 1.165) is 5.82 Å². The summed E-state index contributed by atoms with van der Waals surface area (Å²) < 4.78 is 1.74. The molecule has 0 saturated heterocycles. The van der Waals surface area contributed by atoms with E-state index in [0.29, 0.717) is 0 Å². The first-order valence-electron chi connectivity index (χ1n) is 2.09. The Morgan fingerprint density at radius 3 is 2.71 bits per heavy atom. The Kier molecular flexibility index (Phi) is 0.785. The van der Waals surface area contributed by atoms with Crippen molar-refractivity contribution in [3.05, 3.63) is 18.3 Å². The fourth-order valence-corrected chi connectivity index (χ4v) is 0.421. The first kappa shape index (κ1) is 4.24. The van der Waals surface area contributed by atoms with Gasteiger partial charge in [-0.2, -0.15) is 0 Å². The van der Waals surface area contributed by atoms with E-state index in [1.807, 2.05) is 7.05 Å². The maximum atomic E-state index is 5.37. The van der Waals surface area contributed by atoms with E-state index in [-0.39, 0.29) is 0 Å². The fourth-order valence-electron chi connectivity index (χ4n) is 0.421. The van der Waals surface area contributed by atoms with E-state index in [9.17, 15) is 0 Å². The van der Waals surface area contributed by atoms with Gasteiger partial charge in [-0.3, -0.25) is 0 Å². The molecule has 0 aromatic carbocycles. The van der Waals surface area contributed by atoms with E-state index < -0.39 is 0 Å². The van der Waals surface area contributed by atoms with E-state index in [1.165, 1.54) is 0 Å². The van der Waals surface area contributed by atoms with Crippen molar-refractivity contribution in [2.24, 2.45) is 7.05 Å². The van der Waals surface area contributed by atoms with Gasteiger partial charge in [0.1, 0.15) is 5.82 Å². The van der Waals surface area contributed by atoms with E-state index in [4.69, 9.17) is 5.73 Å². The highest BCUT2D eigenvalue weighted by atomic mass is 15.0. The molecule has 2 N–H and O–H groups in total. The van der Waals surface area contributed by atoms with Crippen LogP contribution in [-0.4, -0.2) is 4.57 Å². The minimum atomic E-state index is 0.750. The van der Waals surface area contributed by atoms with Crippen LogP contribution in [0.4, 0.5) is 5.82 Å². The predicted octanol–water partition coefficient (Wildman–Crippen LogP) is 0.407. The molecule has 2 heteroatoms. The van der Waals surface area contributed by atoms with Crippen LogP contribution >= 0.6 is 0 Å². The van der Waals surface area contributed by atoms with Crippen molar-refractivity contribution in [3.63, 3.8) is 0 Å². The maximum absolute atomic E-state index is 5.37. The minimum Gasteiger partial charge on any atom is -0.385 e. The lowest BCUT2D eigenvalue weighted by molar-refractivity contribution is 0.933. The third-order valence-electron chi connectivity index (χ3n) is 0.910. The average Bonchev–Trinajstić information content (AvgIpc) is 1.91. The number of aromatic nitrogens is 1. The normalized spacial score (nSPS) is 9.29. The van der Waals surface area contributed by atoms with Gasteiger partial charge < -0.3 is 10.3 Å². The first-order valence-corrected chi connectivity index (χ1v) is 2.09. The highest BCUT2D eigenvalue weighted by molar-refractivity contribution is 5.28. The molecular formula is C5H7N2. The highest BCUT2D eigenvalue weighted by Crippen LogP contribution is 1.96. The lowest BCUT2D eigenvalue weighted by atomic mass is 10.6. The molecule has 1 rings (SSSR count). The van der Waals surface area contributed by atoms with Gasteiger partial charge >= 0.3 is 0 Å². The van der Waals surface area contributed by atoms with Gasteiger partial charge in [-0.15, -0.1) is 0 Å². The zero-order chi connectivity index (χ0) is 5.28. The summed E-state index contributed by atoms with van der Waals surface area (Å²) in [6.45, 7) is 0. The number of nitrogens with zero attached hydrogens (tertiary/aromatic N) is 1. The molecule has 0 atom stereocenters. The van der Waals surface area contributed by atoms with Crippen molar-refractivity contribution in [1.82, 2.24) is 4.57 Å². The van der Waals surface area contributed by atoms with Crippen molar-refractivity contribution in [3.8, 4) is 0 Å². The van der Waals surface area contributed by atoms with Gasteiger partial charge in [0.15, 0.2) is 0 Å². The van der Waals surface area contributed by atoms with Crippen LogP contribution in [0.5, 0.6) is 0 Å². The molecule has 0 saturated carbocycles. The van der Waals surface area contributed by atoms with E-state index in [2.05, 4.69) is 6.20 Å². The summed E-state index contributed by atoms with van der Waals surface area (Å²) in [5, 5.41) is 0. The van der Waals surface area contributed by atoms with Crippen molar-refractivity contribution in [2.45, 2.75) is 0 Å². The average molecular weight is 95.1 g/mol. The van der Waals surface area contributed by atoms with Crippen molar-refractivity contribution in [1.29, 1.82) is 0 Å². The largest absolute Gasteiger partial charge is 0.385 e. The van der Waals surface area contributed by atoms with Crippen LogP contribution in [0.3, 0.4) is 0 Å². The van der Waals surface area contributed by atoms with Gasteiger partial charge in [0.05, 0.1) is 6.20 Å². The van der Waals surface area contributed by atoms with Gasteiger partial charge in [-0.25, -0.2) is 0 Å². The lowest BCUT2D eigenvalue weighted by Gasteiger charge is -1.89. The van der Waals surface area contributed by atoms with Crippen LogP contribution in [0.15, 0.2) is 12.1 Å². The molecule has 0 aliphatic carbocycles. The Morgan fingerprint density at radius 2 is 2.57 bits per heavy atom. The second kappa shape index (κ2) is 1.30. The third kappa shape index (κ3) is 0.585. The number of nitrogen functional groups attached to an aromatic ring is 1. The third-order valence-corrected chi connectivity index (χ3v) is 0.910. The maximum Gasteiger partial charge on any atom is 0.103 e. The zero-order valence-corrected chi connectivity index (χ0v) is 4.18. The van der Waals surface area contributed by atoms with E-state index >= 15 is 0 Å². The Hall–Kier alpha value is -0.920. The molecule has 1 heterocycles. The Balaban J connectivity index is 3.12. The number of aryl methyl sites for hydroxylation is 1. The quantitative estimate of drug-likeness (QED) is 0.497. The molecule has 0 spiro atoms. The molecule has 0 unspecified atom stereocenters. The second-order valence-electron chi connectivity index (χ2n) is 1.45. The fraction of sp³-hybridized carbons (Fsp3) is 0.200. The number of nitrogens with two attached hydrogens (primary N) is 1. The van der Waals surface area contributed by atoms with Crippen molar-refractivity contribution < 1.29 is 0 Å². The standard InChI is InChI=1S/C5H7N2/c1-7-4-2-3-5(7)6/h2-3H,6H2,1H3. The SMILES string of the molecule is Cn1[c]ccc1N.